The van der Waals surface area contributed by atoms with Crippen molar-refractivity contribution in [3.63, 3.8) is 0 Å². The first-order chi connectivity index (χ1) is 9.40. The zero-order valence-corrected chi connectivity index (χ0v) is 16.4. The molecule has 1 heterocycles. The zero-order chi connectivity index (χ0) is 15.2. The molecule has 0 radical (unpaired) electrons. The van der Waals surface area contributed by atoms with E-state index in [4.69, 9.17) is 0 Å². The summed E-state index contributed by atoms with van der Waals surface area (Å²) in [4.78, 5) is 18.8. The second-order valence-corrected chi connectivity index (χ2v) is 6.30. The van der Waals surface area contributed by atoms with Crippen molar-refractivity contribution in [1.82, 2.24) is 15.5 Å². The fourth-order valence-corrected chi connectivity index (χ4v) is 2.33. The Morgan fingerprint density at radius 2 is 1.90 bits per heavy atom. The van der Waals surface area contributed by atoms with Gasteiger partial charge < -0.3 is 15.5 Å². The van der Waals surface area contributed by atoms with Crippen LogP contribution in [0.25, 0.3) is 0 Å². The Hall–Kier alpha value is -0.530. The molecule has 0 saturated carbocycles. The van der Waals surface area contributed by atoms with Gasteiger partial charge >= 0.3 is 0 Å². The van der Waals surface area contributed by atoms with Crippen molar-refractivity contribution >= 4 is 35.8 Å². The van der Waals surface area contributed by atoms with Gasteiger partial charge in [-0.15, -0.1) is 24.0 Å². The molecule has 0 aliphatic carbocycles. The number of amides is 1. The van der Waals surface area contributed by atoms with E-state index < -0.39 is 5.41 Å². The summed E-state index contributed by atoms with van der Waals surface area (Å²) in [6.07, 6.45) is 2.42. The normalized spacial score (nSPS) is 17.2. The molecule has 0 unspecified atom stereocenters. The van der Waals surface area contributed by atoms with Crippen molar-refractivity contribution in [2.75, 3.05) is 33.2 Å². The fourth-order valence-electron chi connectivity index (χ4n) is 2.33. The molecule has 0 aromatic rings. The van der Waals surface area contributed by atoms with Gasteiger partial charge in [-0.05, 0) is 39.5 Å². The number of nitrogens with one attached hydrogen (secondary N) is 2. The predicted octanol–water partition coefficient (Wildman–Crippen LogP) is 2.07. The smallest absolute Gasteiger partial charge is 0.227 e. The van der Waals surface area contributed by atoms with Crippen LogP contribution in [0, 0.1) is 11.3 Å². The molecule has 0 aromatic heterocycles. The number of nitrogens with zero attached hydrogens (tertiary/aromatic N) is 2. The van der Waals surface area contributed by atoms with Crippen molar-refractivity contribution in [2.45, 2.75) is 40.5 Å². The summed E-state index contributed by atoms with van der Waals surface area (Å²) < 4.78 is 0. The molecule has 1 aliphatic rings. The van der Waals surface area contributed by atoms with Crippen molar-refractivity contribution < 1.29 is 4.79 Å². The lowest BCUT2D eigenvalue weighted by molar-refractivity contribution is -0.128. The van der Waals surface area contributed by atoms with Crippen molar-refractivity contribution in [3.05, 3.63) is 0 Å². The van der Waals surface area contributed by atoms with E-state index in [1.54, 1.807) is 7.05 Å². The lowest BCUT2D eigenvalue weighted by atomic mass is 9.93. The van der Waals surface area contributed by atoms with E-state index in [2.05, 4.69) is 34.4 Å². The minimum atomic E-state index is -0.474. The lowest BCUT2D eigenvalue weighted by Crippen LogP contribution is -2.46. The molecular formula is C15H31IN4O. The van der Waals surface area contributed by atoms with Crippen molar-refractivity contribution in [3.8, 4) is 0 Å². The summed E-state index contributed by atoms with van der Waals surface area (Å²) in [5.74, 6) is 1.78. The minimum absolute atomic E-state index is 0. The van der Waals surface area contributed by atoms with Gasteiger partial charge in [0.1, 0.15) is 0 Å². The first-order valence-corrected chi connectivity index (χ1v) is 7.66. The molecule has 1 aliphatic heterocycles. The number of carbonyl (C=O) groups is 1. The van der Waals surface area contributed by atoms with Gasteiger partial charge in [0.2, 0.25) is 5.91 Å². The summed E-state index contributed by atoms with van der Waals surface area (Å²) in [6, 6.07) is 0. The number of carbonyl (C=O) groups excluding carboxylic acids is 1. The number of hydrogen-bond donors (Lipinski definition) is 2. The Balaban J connectivity index is 0.00000400. The van der Waals surface area contributed by atoms with E-state index >= 15 is 0 Å². The molecule has 0 bridgehead atoms. The van der Waals surface area contributed by atoms with Crippen LogP contribution in [0.1, 0.15) is 40.5 Å². The van der Waals surface area contributed by atoms with Crippen LogP contribution >= 0.6 is 24.0 Å². The summed E-state index contributed by atoms with van der Waals surface area (Å²) in [6.45, 7) is 11.7. The van der Waals surface area contributed by atoms with E-state index in [1.165, 1.54) is 12.8 Å². The second-order valence-electron chi connectivity index (χ2n) is 6.30. The molecule has 124 valence electrons. The molecule has 1 saturated heterocycles. The topological polar surface area (TPSA) is 56.7 Å². The highest BCUT2D eigenvalue weighted by atomic mass is 127. The number of hydrogen-bond acceptors (Lipinski definition) is 2. The van der Waals surface area contributed by atoms with Crippen molar-refractivity contribution in [1.29, 1.82) is 0 Å². The van der Waals surface area contributed by atoms with Crippen LogP contribution in [0.2, 0.25) is 0 Å². The standard InChI is InChI=1S/C15H30N4O.HI/c1-6-17-14(19-9-7-12(2)8-10-19)18-11-15(3,4)13(20)16-5;/h12H,6-11H2,1-5H3,(H,16,20)(H,17,18);1H. The quantitative estimate of drug-likeness (QED) is 0.424. The Bertz CT molecular complexity index is 350. The van der Waals surface area contributed by atoms with E-state index in [1.807, 2.05) is 13.8 Å². The molecular weight excluding hydrogens is 379 g/mol. The molecule has 1 fully saturated rings. The average Bonchev–Trinajstić information content (AvgIpc) is 2.43. The highest BCUT2D eigenvalue weighted by molar-refractivity contribution is 14.0. The minimum Gasteiger partial charge on any atom is -0.359 e. The first kappa shape index (κ1) is 20.5. The third-order valence-electron chi connectivity index (χ3n) is 3.88. The van der Waals surface area contributed by atoms with Crippen LogP contribution in [0.4, 0.5) is 0 Å². The third-order valence-corrected chi connectivity index (χ3v) is 3.88. The maximum atomic E-state index is 11.8. The zero-order valence-electron chi connectivity index (χ0n) is 14.0. The summed E-state index contributed by atoms with van der Waals surface area (Å²) in [5, 5.41) is 6.05. The van der Waals surface area contributed by atoms with Gasteiger partial charge in [0.25, 0.3) is 0 Å². The number of likely N-dealkylation sites (tertiary alicyclic amines) is 1. The Morgan fingerprint density at radius 3 is 2.38 bits per heavy atom. The van der Waals surface area contributed by atoms with Crippen molar-refractivity contribution in [2.24, 2.45) is 16.3 Å². The van der Waals surface area contributed by atoms with E-state index in [9.17, 15) is 4.79 Å². The van der Waals surface area contributed by atoms with Crippen LogP contribution in [0.15, 0.2) is 4.99 Å². The van der Waals surface area contributed by atoms with E-state index in [-0.39, 0.29) is 29.9 Å². The maximum absolute atomic E-state index is 11.8. The molecule has 21 heavy (non-hydrogen) atoms. The van der Waals surface area contributed by atoms with E-state index in [0.29, 0.717) is 6.54 Å². The van der Waals surface area contributed by atoms with E-state index in [0.717, 1.165) is 31.5 Å². The summed E-state index contributed by atoms with van der Waals surface area (Å²) >= 11 is 0. The molecule has 2 N–H and O–H groups in total. The van der Waals surface area contributed by atoms with Gasteiger partial charge in [0.15, 0.2) is 5.96 Å². The molecule has 1 rings (SSSR count). The Kier molecular flexibility index (Phi) is 9.24. The fraction of sp³-hybridized carbons (Fsp3) is 0.867. The number of guanidine groups is 1. The maximum Gasteiger partial charge on any atom is 0.227 e. The molecule has 0 aromatic carbocycles. The number of aliphatic imine (C=N–C) groups is 1. The van der Waals surface area contributed by atoms with Crippen LogP contribution in [-0.4, -0.2) is 50.0 Å². The number of rotatable bonds is 4. The predicted molar refractivity (Wildman–Crippen MR) is 99.2 cm³/mol. The molecule has 1 amide bonds. The number of piperidine rings is 1. The van der Waals surface area contributed by atoms with Gasteiger partial charge in [-0.25, -0.2) is 0 Å². The van der Waals surface area contributed by atoms with Crippen LogP contribution in [0.3, 0.4) is 0 Å². The molecule has 0 atom stereocenters. The Labute approximate surface area is 146 Å². The molecule has 5 nitrogen and oxygen atoms in total. The van der Waals surface area contributed by atoms with Gasteiger partial charge in [-0.2, -0.15) is 0 Å². The van der Waals surface area contributed by atoms with Gasteiger partial charge in [-0.1, -0.05) is 6.92 Å². The molecule has 6 heteroatoms. The molecule has 0 spiro atoms. The third kappa shape index (κ3) is 6.40. The lowest BCUT2D eigenvalue weighted by Gasteiger charge is -2.33. The van der Waals surface area contributed by atoms with Gasteiger partial charge in [-0.3, -0.25) is 9.79 Å². The average molecular weight is 410 g/mol. The summed E-state index contributed by atoms with van der Waals surface area (Å²) in [7, 11) is 1.67. The monoisotopic (exact) mass is 410 g/mol. The van der Waals surface area contributed by atoms with Gasteiger partial charge in [0, 0.05) is 26.7 Å². The summed E-state index contributed by atoms with van der Waals surface area (Å²) in [5.41, 5.74) is -0.474. The highest BCUT2D eigenvalue weighted by Crippen LogP contribution is 2.18. The first-order valence-electron chi connectivity index (χ1n) is 7.66. The number of halogens is 1. The SMILES string of the molecule is CCNC(=NCC(C)(C)C(=O)NC)N1CCC(C)CC1.I. The highest BCUT2D eigenvalue weighted by Gasteiger charge is 2.27. The largest absolute Gasteiger partial charge is 0.359 e. The van der Waals surface area contributed by atoms with Crippen LogP contribution in [0.5, 0.6) is 0 Å². The Morgan fingerprint density at radius 1 is 1.33 bits per heavy atom. The van der Waals surface area contributed by atoms with Gasteiger partial charge in [0.05, 0.1) is 12.0 Å². The second kappa shape index (κ2) is 9.48. The van der Waals surface area contributed by atoms with Crippen LogP contribution in [-0.2, 0) is 4.79 Å². The van der Waals surface area contributed by atoms with Crippen LogP contribution < -0.4 is 10.6 Å².